The number of anilines is 2. The Kier molecular flexibility index (Phi) is 4.00. The molecule has 2 bridgehead atoms. The van der Waals surface area contributed by atoms with Crippen molar-refractivity contribution >= 4 is 28.1 Å². The van der Waals surface area contributed by atoms with Gasteiger partial charge in [-0.25, -0.2) is 4.98 Å². The Bertz CT molecular complexity index is 1030. The minimum absolute atomic E-state index is 0.302. The number of fused-ring (bicyclic) bond motifs is 2. The van der Waals surface area contributed by atoms with Crippen molar-refractivity contribution in [1.29, 1.82) is 0 Å². The molecule has 1 N–H and O–H groups in total. The molecule has 2 aliphatic heterocycles. The van der Waals surface area contributed by atoms with Crippen LogP contribution in [-0.2, 0) is 11.3 Å². The van der Waals surface area contributed by atoms with Crippen LogP contribution in [0.2, 0.25) is 0 Å². The largest absolute Gasteiger partial charge is 0.480 e. The number of piperazine rings is 1. The second-order valence-electron chi connectivity index (χ2n) is 7.23. The Morgan fingerprint density at radius 1 is 1.29 bits per heavy atom. The van der Waals surface area contributed by atoms with Gasteiger partial charge in [-0.3, -0.25) is 4.79 Å². The first kappa shape index (κ1) is 17.1. The molecule has 2 aliphatic rings. The number of carboxylic acid groups (broad SMARTS) is 1. The molecule has 144 valence electrons. The van der Waals surface area contributed by atoms with Crippen molar-refractivity contribution in [2.24, 2.45) is 0 Å². The molecule has 0 unspecified atom stereocenters. The number of benzene rings is 1. The summed E-state index contributed by atoms with van der Waals surface area (Å²) in [5, 5.41) is 21.6. The molecule has 5 rings (SSSR count). The van der Waals surface area contributed by atoms with E-state index in [9.17, 15) is 4.79 Å². The zero-order valence-corrected chi connectivity index (χ0v) is 16.1. The zero-order valence-electron chi connectivity index (χ0n) is 15.3. The van der Waals surface area contributed by atoms with Gasteiger partial charge in [0.2, 0.25) is 5.82 Å². The first-order chi connectivity index (χ1) is 13.6. The van der Waals surface area contributed by atoms with E-state index in [0.717, 1.165) is 34.3 Å². The molecule has 9 nitrogen and oxygen atoms in total. The van der Waals surface area contributed by atoms with Gasteiger partial charge in [0, 0.05) is 24.8 Å². The summed E-state index contributed by atoms with van der Waals surface area (Å²) in [5.74, 6) is -0.587. The fraction of sp³-hybridized carbons (Fsp3) is 0.389. The van der Waals surface area contributed by atoms with Crippen molar-refractivity contribution in [2.45, 2.75) is 32.0 Å². The van der Waals surface area contributed by atoms with Gasteiger partial charge in [-0.1, -0.05) is 23.5 Å². The van der Waals surface area contributed by atoms with Gasteiger partial charge in [0.15, 0.2) is 11.7 Å². The number of aryl methyl sites for hydroxylation is 1. The van der Waals surface area contributed by atoms with E-state index >= 15 is 0 Å². The van der Waals surface area contributed by atoms with Crippen molar-refractivity contribution in [1.82, 2.24) is 25.2 Å². The number of tetrazole rings is 1. The standard InChI is InChI=1S/C18H19N7O2S/c1-11-3-2-4-12(5-11)23-8-14-6-13(23)9-24(14)18-19-7-15(28-18)17-20-22-25(21-17)10-16(26)27/h2-5,7,13-14H,6,8-10H2,1H3,(H,26,27)/t13-,14-/m0/s1. The number of hydrogen-bond donors (Lipinski definition) is 1. The van der Waals surface area contributed by atoms with E-state index in [1.54, 1.807) is 6.20 Å². The fourth-order valence-corrected chi connectivity index (χ4v) is 4.98. The van der Waals surface area contributed by atoms with Gasteiger partial charge in [0.25, 0.3) is 0 Å². The molecule has 0 spiro atoms. The Hall–Kier alpha value is -3.01. The third-order valence-corrected chi connectivity index (χ3v) is 6.29. The summed E-state index contributed by atoms with van der Waals surface area (Å²) >= 11 is 1.53. The summed E-state index contributed by atoms with van der Waals surface area (Å²) in [7, 11) is 0. The molecule has 0 amide bonds. The van der Waals surface area contributed by atoms with Crippen LogP contribution < -0.4 is 9.80 Å². The van der Waals surface area contributed by atoms with Crippen LogP contribution in [0.5, 0.6) is 0 Å². The summed E-state index contributed by atoms with van der Waals surface area (Å²) in [6.45, 7) is 3.77. The van der Waals surface area contributed by atoms with Crippen LogP contribution in [-0.4, -0.2) is 61.4 Å². The molecular formula is C18H19N7O2S. The fourth-order valence-electron chi connectivity index (χ4n) is 4.06. The molecule has 3 aromatic rings. The van der Waals surface area contributed by atoms with Crippen LogP contribution in [0, 0.1) is 6.92 Å². The molecule has 2 atom stereocenters. The van der Waals surface area contributed by atoms with E-state index < -0.39 is 5.97 Å². The summed E-state index contributed by atoms with van der Waals surface area (Å²) in [5.41, 5.74) is 2.58. The van der Waals surface area contributed by atoms with Crippen LogP contribution in [0.25, 0.3) is 10.7 Å². The van der Waals surface area contributed by atoms with Gasteiger partial charge in [-0.05, 0) is 36.3 Å². The van der Waals surface area contributed by atoms with Crippen LogP contribution in [0.15, 0.2) is 30.5 Å². The van der Waals surface area contributed by atoms with E-state index in [-0.39, 0.29) is 6.54 Å². The number of carboxylic acids is 1. The molecule has 2 saturated heterocycles. The minimum atomic E-state index is -1.000. The average molecular weight is 397 g/mol. The number of nitrogens with zero attached hydrogens (tertiary/aromatic N) is 7. The number of carbonyl (C=O) groups is 1. The monoisotopic (exact) mass is 397 g/mol. The SMILES string of the molecule is Cc1cccc(N2C[C@@H]3C[C@H]2CN3c2ncc(-c3nnn(CC(=O)O)n3)s2)c1. The predicted molar refractivity (Wildman–Crippen MR) is 105 cm³/mol. The number of aromatic nitrogens is 5. The van der Waals surface area contributed by atoms with Crippen LogP contribution in [0.1, 0.15) is 12.0 Å². The summed E-state index contributed by atoms with van der Waals surface area (Å²) in [6.07, 6.45) is 2.88. The molecule has 1 aromatic carbocycles. The quantitative estimate of drug-likeness (QED) is 0.694. The first-order valence-corrected chi connectivity index (χ1v) is 9.94. The first-order valence-electron chi connectivity index (χ1n) is 9.12. The van der Waals surface area contributed by atoms with Gasteiger partial charge in [-0.2, -0.15) is 4.80 Å². The molecule has 0 saturated carbocycles. The van der Waals surface area contributed by atoms with E-state index in [4.69, 9.17) is 5.11 Å². The lowest BCUT2D eigenvalue weighted by Gasteiger charge is -2.35. The van der Waals surface area contributed by atoms with Gasteiger partial charge < -0.3 is 14.9 Å². The van der Waals surface area contributed by atoms with Crippen LogP contribution in [0.3, 0.4) is 0 Å². The third kappa shape index (κ3) is 2.99. The Morgan fingerprint density at radius 3 is 2.86 bits per heavy atom. The Balaban J connectivity index is 1.30. The molecule has 2 fully saturated rings. The lowest BCUT2D eigenvalue weighted by Crippen LogP contribution is -2.46. The van der Waals surface area contributed by atoms with Crippen molar-refractivity contribution < 1.29 is 9.90 Å². The molecule has 28 heavy (non-hydrogen) atoms. The molecule has 0 radical (unpaired) electrons. The van der Waals surface area contributed by atoms with Crippen molar-refractivity contribution in [3.05, 3.63) is 36.0 Å². The van der Waals surface area contributed by atoms with Crippen LogP contribution in [0.4, 0.5) is 10.8 Å². The van der Waals surface area contributed by atoms with E-state index in [1.807, 2.05) is 0 Å². The van der Waals surface area contributed by atoms with Gasteiger partial charge in [-0.15, -0.1) is 10.2 Å². The summed E-state index contributed by atoms with van der Waals surface area (Å²) in [4.78, 5) is 22.1. The normalized spacial score (nSPS) is 20.9. The highest BCUT2D eigenvalue weighted by atomic mass is 32.1. The molecule has 2 aromatic heterocycles. The lowest BCUT2D eigenvalue weighted by molar-refractivity contribution is -0.138. The van der Waals surface area contributed by atoms with Gasteiger partial charge >= 0.3 is 5.97 Å². The highest BCUT2D eigenvalue weighted by molar-refractivity contribution is 7.18. The third-order valence-electron chi connectivity index (χ3n) is 5.26. The second-order valence-corrected chi connectivity index (χ2v) is 8.24. The topological polar surface area (TPSA) is 100 Å². The second kappa shape index (κ2) is 6.55. The van der Waals surface area contributed by atoms with E-state index in [0.29, 0.717) is 17.9 Å². The van der Waals surface area contributed by atoms with Crippen molar-refractivity contribution in [3.63, 3.8) is 0 Å². The van der Waals surface area contributed by atoms with Crippen molar-refractivity contribution in [2.75, 3.05) is 22.9 Å². The molecular weight excluding hydrogens is 378 g/mol. The highest BCUT2D eigenvalue weighted by Gasteiger charge is 2.44. The minimum Gasteiger partial charge on any atom is -0.480 e. The number of hydrogen-bond acceptors (Lipinski definition) is 8. The summed E-state index contributed by atoms with van der Waals surface area (Å²) in [6, 6.07) is 9.62. The van der Waals surface area contributed by atoms with Gasteiger partial charge in [0.1, 0.15) is 0 Å². The lowest BCUT2D eigenvalue weighted by atomic mass is 10.2. The molecule has 10 heteroatoms. The number of aliphatic carboxylic acids is 1. The molecule has 4 heterocycles. The Morgan fingerprint density at radius 2 is 2.11 bits per heavy atom. The maximum atomic E-state index is 10.8. The van der Waals surface area contributed by atoms with E-state index in [2.05, 4.69) is 61.4 Å². The van der Waals surface area contributed by atoms with Crippen molar-refractivity contribution in [3.8, 4) is 10.7 Å². The highest BCUT2D eigenvalue weighted by Crippen LogP contribution is 2.40. The summed E-state index contributed by atoms with van der Waals surface area (Å²) < 4.78 is 0. The zero-order chi connectivity index (χ0) is 19.3. The van der Waals surface area contributed by atoms with Crippen LogP contribution >= 0.6 is 11.3 Å². The Labute approximate surface area is 165 Å². The maximum absolute atomic E-state index is 10.8. The molecule has 0 aliphatic carbocycles. The number of thiazole rings is 1. The smallest absolute Gasteiger partial charge is 0.327 e. The average Bonchev–Trinajstić information content (AvgIpc) is 3.43. The van der Waals surface area contributed by atoms with E-state index in [1.165, 1.54) is 22.6 Å². The van der Waals surface area contributed by atoms with Gasteiger partial charge in [0.05, 0.1) is 17.1 Å². The maximum Gasteiger partial charge on any atom is 0.327 e. The predicted octanol–water partition coefficient (Wildman–Crippen LogP) is 1.66. The number of rotatable bonds is 5.